The molecule has 1 N–H and O–H groups in total. The minimum absolute atomic E-state index is 0.250. The first-order chi connectivity index (χ1) is 8.56. The molecule has 0 bridgehead atoms. The van der Waals surface area contributed by atoms with Crippen molar-refractivity contribution >= 4 is 55.8 Å². The van der Waals surface area contributed by atoms with Gasteiger partial charge in [0.05, 0.1) is 4.47 Å². The fraction of sp³-hybridized carbons (Fsp3) is 0.0769. The van der Waals surface area contributed by atoms with Crippen LogP contribution in [-0.4, -0.2) is 0 Å². The highest BCUT2D eigenvalue weighted by Gasteiger charge is 2.03. The van der Waals surface area contributed by atoms with Crippen LogP contribution in [0.5, 0.6) is 0 Å². The summed E-state index contributed by atoms with van der Waals surface area (Å²) in [6.07, 6.45) is 0. The van der Waals surface area contributed by atoms with Crippen LogP contribution in [0, 0.1) is 9.39 Å². The van der Waals surface area contributed by atoms with E-state index < -0.39 is 0 Å². The molecule has 0 unspecified atom stereocenters. The summed E-state index contributed by atoms with van der Waals surface area (Å²) in [5.41, 5.74) is 1.88. The highest BCUT2D eigenvalue weighted by atomic mass is 127. The molecule has 0 fully saturated rings. The molecule has 2 aromatic rings. The van der Waals surface area contributed by atoms with Crippen LogP contribution in [0.15, 0.2) is 40.9 Å². The van der Waals surface area contributed by atoms with Gasteiger partial charge >= 0.3 is 0 Å². The maximum atomic E-state index is 13.3. The van der Waals surface area contributed by atoms with Crippen LogP contribution in [0.3, 0.4) is 0 Å². The number of halogens is 4. The number of rotatable bonds is 3. The van der Waals surface area contributed by atoms with Crippen molar-refractivity contribution in [2.24, 2.45) is 0 Å². The first kappa shape index (κ1) is 14.1. The second-order valence-corrected chi connectivity index (χ2v) is 6.18. The van der Waals surface area contributed by atoms with Gasteiger partial charge in [-0.3, -0.25) is 0 Å². The number of benzene rings is 2. The summed E-state index contributed by atoms with van der Waals surface area (Å²) in [6, 6.07) is 10.7. The van der Waals surface area contributed by atoms with Gasteiger partial charge in [-0.15, -0.1) is 0 Å². The summed E-state index contributed by atoms with van der Waals surface area (Å²) >= 11 is 11.2. The van der Waals surface area contributed by atoms with E-state index in [1.165, 1.54) is 6.07 Å². The number of hydrogen-bond acceptors (Lipinski definition) is 1. The van der Waals surface area contributed by atoms with Gasteiger partial charge in [-0.25, -0.2) is 4.39 Å². The highest BCUT2D eigenvalue weighted by molar-refractivity contribution is 14.1. The molecule has 1 nitrogen and oxygen atoms in total. The molecule has 0 saturated heterocycles. The smallest absolute Gasteiger partial charge is 0.137 e. The van der Waals surface area contributed by atoms with Gasteiger partial charge in [0.1, 0.15) is 5.82 Å². The quantitative estimate of drug-likeness (QED) is 0.625. The Hall–Kier alpha value is -0.330. The standard InChI is InChI=1S/C13H9BrClFIN/c14-10-3-1-8(5-11(10)16)7-18-13-4-2-9(15)6-12(13)17/h1-6,18H,7H2. The van der Waals surface area contributed by atoms with Crippen molar-refractivity contribution in [3.8, 4) is 0 Å². The minimum atomic E-state index is -0.250. The Bertz CT molecular complexity index is 577. The van der Waals surface area contributed by atoms with Crippen molar-refractivity contribution in [1.82, 2.24) is 0 Å². The third kappa shape index (κ3) is 3.59. The normalized spacial score (nSPS) is 10.4. The van der Waals surface area contributed by atoms with Gasteiger partial charge in [0.25, 0.3) is 0 Å². The van der Waals surface area contributed by atoms with Gasteiger partial charge in [0.15, 0.2) is 0 Å². The van der Waals surface area contributed by atoms with E-state index in [2.05, 4.69) is 43.8 Å². The number of hydrogen-bond donors (Lipinski definition) is 1. The molecule has 0 aliphatic carbocycles. The van der Waals surface area contributed by atoms with Crippen LogP contribution in [0.2, 0.25) is 5.02 Å². The average Bonchev–Trinajstić information content (AvgIpc) is 2.32. The SMILES string of the molecule is Fc1cc(CNc2ccc(Cl)cc2I)ccc1Br. The molecule has 0 aliphatic heterocycles. The van der Waals surface area contributed by atoms with E-state index >= 15 is 0 Å². The second kappa shape index (κ2) is 6.21. The average molecular weight is 440 g/mol. The summed E-state index contributed by atoms with van der Waals surface area (Å²) in [7, 11) is 0. The Kier molecular flexibility index (Phi) is 4.86. The molecular weight excluding hydrogens is 431 g/mol. The molecule has 0 heterocycles. The van der Waals surface area contributed by atoms with Crippen molar-refractivity contribution in [2.75, 3.05) is 5.32 Å². The predicted octanol–water partition coefficient (Wildman–Crippen LogP) is 5.46. The minimum Gasteiger partial charge on any atom is -0.380 e. The Labute approximate surface area is 132 Å². The van der Waals surface area contributed by atoms with Crippen molar-refractivity contribution in [1.29, 1.82) is 0 Å². The Morgan fingerprint density at radius 1 is 1.22 bits per heavy atom. The van der Waals surface area contributed by atoms with Crippen LogP contribution < -0.4 is 5.32 Å². The molecule has 2 aromatic carbocycles. The molecule has 0 radical (unpaired) electrons. The first-order valence-electron chi connectivity index (χ1n) is 5.19. The van der Waals surface area contributed by atoms with Crippen LogP contribution in [-0.2, 0) is 6.54 Å². The van der Waals surface area contributed by atoms with E-state index in [0.717, 1.165) is 14.8 Å². The Balaban J connectivity index is 2.09. The fourth-order valence-corrected chi connectivity index (χ4v) is 2.79. The van der Waals surface area contributed by atoms with E-state index in [1.807, 2.05) is 24.3 Å². The van der Waals surface area contributed by atoms with Crippen molar-refractivity contribution in [3.63, 3.8) is 0 Å². The van der Waals surface area contributed by atoms with Gasteiger partial charge in [-0.2, -0.15) is 0 Å². The predicted molar refractivity (Wildman–Crippen MR) is 85.6 cm³/mol. The summed E-state index contributed by atoms with van der Waals surface area (Å²) < 4.78 is 14.9. The Morgan fingerprint density at radius 2 is 2.00 bits per heavy atom. The van der Waals surface area contributed by atoms with Gasteiger partial charge in [0.2, 0.25) is 0 Å². The molecular formula is C13H9BrClFIN. The molecule has 0 saturated carbocycles. The second-order valence-electron chi connectivity index (χ2n) is 3.73. The summed E-state index contributed by atoms with van der Waals surface area (Å²) in [5.74, 6) is -0.250. The van der Waals surface area contributed by atoms with Crippen LogP contribution in [0.1, 0.15) is 5.56 Å². The first-order valence-corrected chi connectivity index (χ1v) is 7.44. The molecule has 0 spiro atoms. The zero-order valence-corrected chi connectivity index (χ0v) is 13.7. The molecule has 2 rings (SSSR count). The topological polar surface area (TPSA) is 12.0 Å². The van der Waals surface area contributed by atoms with Gasteiger partial charge in [-0.1, -0.05) is 17.7 Å². The van der Waals surface area contributed by atoms with Crippen LogP contribution >= 0.6 is 50.1 Å². The lowest BCUT2D eigenvalue weighted by Gasteiger charge is -2.09. The molecule has 0 aromatic heterocycles. The van der Waals surface area contributed by atoms with E-state index in [4.69, 9.17) is 11.6 Å². The summed E-state index contributed by atoms with van der Waals surface area (Å²) in [4.78, 5) is 0. The number of nitrogens with one attached hydrogen (secondary N) is 1. The lowest BCUT2D eigenvalue weighted by molar-refractivity contribution is 0.619. The Morgan fingerprint density at radius 3 is 2.67 bits per heavy atom. The van der Waals surface area contributed by atoms with E-state index in [-0.39, 0.29) is 5.82 Å². The summed E-state index contributed by atoms with van der Waals surface area (Å²) in [6.45, 7) is 0.571. The molecule has 18 heavy (non-hydrogen) atoms. The third-order valence-corrected chi connectivity index (χ3v) is 4.17. The van der Waals surface area contributed by atoms with Crippen molar-refractivity contribution < 1.29 is 4.39 Å². The third-order valence-electron chi connectivity index (χ3n) is 2.40. The van der Waals surface area contributed by atoms with E-state index in [1.54, 1.807) is 6.07 Å². The van der Waals surface area contributed by atoms with Crippen molar-refractivity contribution in [2.45, 2.75) is 6.54 Å². The van der Waals surface area contributed by atoms with E-state index in [0.29, 0.717) is 16.0 Å². The lowest BCUT2D eigenvalue weighted by Crippen LogP contribution is -2.01. The fourth-order valence-electron chi connectivity index (χ4n) is 1.48. The molecule has 0 aliphatic rings. The van der Waals surface area contributed by atoms with Crippen LogP contribution in [0.25, 0.3) is 0 Å². The largest absolute Gasteiger partial charge is 0.380 e. The van der Waals surface area contributed by atoms with Gasteiger partial charge in [0, 0.05) is 20.8 Å². The lowest BCUT2D eigenvalue weighted by atomic mass is 10.2. The zero-order chi connectivity index (χ0) is 13.1. The molecule has 0 amide bonds. The van der Waals surface area contributed by atoms with Crippen molar-refractivity contribution in [3.05, 3.63) is 60.8 Å². The maximum Gasteiger partial charge on any atom is 0.137 e. The zero-order valence-electron chi connectivity index (χ0n) is 9.18. The maximum absolute atomic E-state index is 13.3. The molecule has 0 atom stereocenters. The summed E-state index contributed by atoms with van der Waals surface area (Å²) in [5, 5.41) is 3.96. The molecule has 94 valence electrons. The van der Waals surface area contributed by atoms with Crippen LogP contribution in [0.4, 0.5) is 10.1 Å². The number of anilines is 1. The molecule has 5 heteroatoms. The van der Waals surface area contributed by atoms with Gasteiger partial charge < -0.3 is 5.32 Å². The monoisotopic (exact) mass is 439 g/mol. The van der Waals surface area contributed by atoms with Gasteiger partial charge in [-0.05, 0) is 74.4 Å². The van der Waals surface area contributed by atoms with E-state index in [9.17, 15) is 4.39 Å². The highest BCUT2D eigenvalue weighted by Crippen LogP contribution is 2.23.